The number of nitrogens with one attached hydrogen (secondary N) is 1. The molecular formula is C13H16N2O2S2. The van der Waals surface area contributed by atoms with Gasteiger partial charge in [0.15, 0.2) is 15.0 Å². The maximum absolute atomic E-state index is 11.8. The van der Waals surface area contributed by atoms with E-state index in [1.54, 1.807) is 0 Å². The third-order valence-electron chi connectivity index (χ3n) is 3.71. The van der Waals surface area contributed by atoms with Crippen LogP contribution < -0.4 is 4.90 Å². The quantitative estimate of drug-likeness (QED) is 0.860. The van der Waals surface area contributed by atoms with E-state index in [9.17, 15) is 8.42 Å². The summed E-state index contributed by atoms with van der Waals surface area (Å²) in [5, 5.41) is 8.61. The molecule has 4 nitrogen and oxygen atoms in total. The number of aryl methyl sites for hydroxylation is 2. The molecule has 0 saturated carbocycles. The van der Waals surface area contributed by atoms with Crippen LogP contribution in [0.2, 0.25) is 0 Å². The van der Waals surface area contributed by atoms with Crippen LogP contribution in [0.25, 0.3) is 0 Å². The molecule has 1 aromatic carbocycles. The molecular weight excluding hydrogens is 280 g/mol. The van der Waals surface area contributed by atoms with Crippen molar-refractivity contribution in [3.8, 4) is 0 Å². The van der Waals surface area contributed by atoms with Gasteiger partial charge in [-0.15, -0.1) is 0 Å². The smallest absolute Gasteiger partial charge is 0.161 e. The standard InChI is InChI=1S/C13H16N2O2S2/c1-8-3-4-9(2)10(5-8)15-11-6-19(16,17)7-12(11)18-13(15)14/h3-5,11-12,14H,6-7H2,1-2H3/t11-,12+/m1/s1. The minimum atomic E-state index is -2.95. The summed E-state index contributed by atoms with van der Waals surface area (Å²) in [5.41, 5.74) is 3.19. The Balaban J connectivity index is 2.04. The van der Waals surface area contributed by atoms with Crippen LogP contribution in [0, 0.1) is 19.3 Å². The summed E-state index contributed by atoms with van der Waals surface area (Å²) in [6.07, 6.45) is 0. The van der Waals surface area contributed by atoms with Gasteiger partial charge in [0, 0.05) is 10.9 Å². The summed E-state index contributed by atoms with van der Waals surface area (Å²) in [7, 11) is -2.95. The number of sulfone groups is 1. The minimum absolute atomic E-state index is 0.0115. The number of fused-ring (bicyclic) bond motifs is 1. The highest BCUT2D eigenvalue weighted by Crippen LogP contribution is 2.41. The molecule has 19 heavy (non-hydrogen) atoms. The Kier molecular flexibility index (Phi) is 2.90. The van der Waals surface area contributed by atoms with Crippen LogP contribution in [0.4, 0.5) is 5.69 Å². The summed E-state index contributed by atoms with van der Waals surface area (Å²) in [4.78, 5) is 1.90. The summed E-state index contributed by atoms with van der Waals surface area (Å²) in [6.45, 7) is 4.02. The Morgan fingerprint density at radius 2 is 2.05 bits per heavy atom. The largest absolute Gasteiger partial charge is 0.316 e. The van der Waals surface area contributed by atoms with E-state index in [0.29, 0.717) is 5.17 Å². The van der Waals surface area contributed by atoms with Gasteiger partial charge in [-0.2, -0.15) is 0 Å². The van der Waals surface area contributed by atoms with Crippen molar-refractivity contribution in [1.82, 2.24) is 0 Å². The Bertz CT molecular complexity index is 655. The molecule has 1 N–H and O–H groups in total. The second kappa shape index (κ2) is 4.24. The van der Waals surface area contributed by atoms with E-state index in [2.05, 4.69) is 0 Å². The first-order valence-electron chi connectivity index (χ1n) is 6.19. The SMILES string of the molecule is Cc1ccc(C)c(N2C(=N)S[C@H]3CS(=O)(=O)C[C@H]32)c1. The van der Waals surface area contributed by atoms with Gasteiger partial charge in [0.05, 0.1) is 17.5 Å². The zero-order chi connectivity index (χ0) is 13.8. The van der Waals surface area contributed by atoms with Crippen LogP contribution in [0.1, 0.15) is 11.1 Å². The fourth-order valence-corrected chi connectivity index (χ4v) is 6.55. The molecule has 0 unspecified atom stereocenters. The molecule has 0 aliphatic carbocycles. The molecule has 2 aliphatic heterocycles. The van der Waals surface area contributed by atoms with Crippen molar-refractivity contribution in [2.45, 2.75) is 25.1 Å². The predicted octanol–water partition coefficient (Wildman–Crippen LogP) is 1.96. The Morgan fingerprint density at radius 1 is 1.32 bits per heavy atom. The summed E-state index contributed by atoms with van der Waals surface area (Å²) < 4.78 is 23.5. The van der Waals surface area contributed by atoms with Crippen molar-refractivity contribution in [2.24, 2.45) is 0 Å². The van der Waals surface area contributed by atoms with Gasteiger partial charge >= 0.3 is 0 Å². The lowest BCUT2D eigenvalue weighted by Crippen LogP contribution is -2.37. The van der Waals surface area contributed by atoms with Crippen molar-refractivity contribution in [1.29, 1.82) is 5.41 Å². The molecule has 0 amide bonds. The van der Waals surface area contributed by atoms with Gasteiger partial charge in [-0.1, -0.05) is 23.9 Å². The molecule has 2 atom stereocenters. The number of nitrogens with zero attached hydrogens (tertiary/aromatic N) is 1. The fourth-order valence-electron chi connectivity index (χ4n) is 2.77. The Hall–Kier alpha value is -1.01. The van der Waals surface area contributed by atoms with E-state index in [-0.39, 0.29) is 22.8 Å². The maximum Gasteiger partial charge on any atom is 0.161 e. The van der Waals surface area contributed by atoms with Gasteiger partial charge in [-0.05, 0) is 31.0 Å². The average molecular weight is 296 g/mol. The number of thioether (sulfide) groups is 1. The summed E-state index contributed by atoms with van der Waals surface area (Å²) in [6, 6.07) is 6.02. The lowest BCUT2D eigenvalue weighted by molar-refractivity contribution is 0.601. The monoisotopic (exact) mass is 296 g/mol. The van der Waals surface area contributed by atoms with Crippen LogP contribution in [0.5, 0.6) is 0 Å². The van der Waals surface area contributed by atoms with Crippen LogP contribution in [-0.4, -0.2) is 36.4 Å². The van der Waals surface area contributed by atoms with Crippen LogP contribution in [0.3, 0.4) is 0 Å². The third-order valence-corrected chi connectivity index (χ3v) is 6.84. The molecule has 2 fully saturated rings. The van der Waals surface area contributed by atoms with Crippen molar-refractivity contribution in [3.63, 3.8) is 0 Å². The first-order chi connectivity index (χ1) is 8.87. The van der Waals surface area contributed by atoms with Gasteiger partial charge in [0.25, 0.3) is 0 Å². The number of amidine groups is 1. The van der Waals surface area contributed by atoms with Crippen molar-refractivity contribution in [2.75, 3.05) is 16.4 Å². The molecule has 2 saturated heterocycles. The molecule has 0 spiro atoms. The summed E-state index contributed by atoms with van der Waals surface area (Å²) in [5.74, 6) is 0.368. The normalized spacial score (nSPS) is 28.7. The highest BCUT2D eigenvalue weighted by atomic mass is 32.2. The topological polar surface area (TPSA) is 61.2 Å². The van der Waals surface area contributed by atoms with Crippen LogP contribution >= 0.6 is 11.8 Å². The number of rotatable bonds is 1. The first kappa shape index (κ1) is 13.0. The van der Waals surface area contributed by atoms with Gasteiger partial charge in [-0.3, -0.25) is 5.41 Å². The van der Waals surface area contributed by atoms with Gasteiger partial charge in [-0.25, -0.2) is 8.42 Å². The molecule has 0 bridgehead atoms. The second-order valence-corrected chi connectivity index (χ2v) is 8.65. The second-order valence-electron chi connectivity index (χ2n) is 5.27. The molecule has 0 aromatic heterocycles. The van der Waals surface area contributed by atoms with Crippen molar-refractivity contribution >= 4 is 32.5 Å². The third kappa shape index (κ3) is 2.17. The molecule has 0 radical (unpaired) electrons. The number of benzene rings is 1. The van der Waals surface area contributed by atoms with Gasteiger partial charge < -0.3 is 4.90 Å². The van der Waals surface area contributed by atoms with Gasteiger partial charge in [0.1, 0.15) is 0 Å². The van der Waals surface area contributed by atoms with E-state index in [4.69, 9.17) is 5.41 Å². The van der Waals surface area contributed by atoms with Crippen molar-refractivity contribution < 1.29 is 8.42 Å². The van der Waals surface area contributed by atoms with Crippen molar-refractivity contribution in [3.05, 3.63) is 29.3 Å². The van der Waals surface area contributed by atoms with Gasteiger partial charge in [0.2, 0.25) is 0 Å². The predicted molar refractivity (Wildman–Crippen MR) is 79.9 cm³/mol. The van der Waals surface area contributed by atoms with Crippen LogP contribution in [-0.2, 0) is 9.84 Å². The van der Waals surface area contributed by atoms with E-state index in [1.807, 2.05) is 36.9 Å². The highest BCUT2D eigenvalue weighted by molar-refractivity contribution is 8.15. The Labute approximate surface area is 117 Å². The zero-order valence-electron chi connectivity index (χ0n) is 10.9. The lowest BCUT2D eigenvalue weighted by Gasteiger charge is -2.26. The van der Waals surface area contributed by atoms with E-state index in [1.165, 1.54) is 11.8 Å². The highest BCUT2D eigenvalue weighted by Gasteiger charge is 2.48. The van der Waals surface area contributed by atoms with E-state index >= 15 is 0 Å². The molecule has 2 heterocycles. The fraction of sp³-hybridized carbons (Fsp3) is 0.462. The summed E-state index contributed by atoms with van der Waals surface area (Å²) >= 11 is 1.39. The maximum atomic E-state index is 11.8. The minimum Gasteiger partial charge on any atom is -0.316 e. The number of anilines is 1. The molecule has 102 valence electrons. The van der Waals surface area contributed by atoms with E-state index in [0.717, 1.165) is 16.8 Å². The number of hydrogen-bond donors (Lipinski definition) is 1. The lowest BCUT2D eigenvalue weighted by atomic mass is 10.1. The molecule has 1 aromatic rings. The Morgan fingerprint density at radius 3 is 2.79 bits per heavy atom. The number of hydrogen-bond acceptors (Lipinski definition) is 4. The van der Waals surface area contributed by atoms with Crippen LogP contribution in [0.15, 0.2) is 18.2 Å². The molecule has 6 heteroatoms. The molecule has 3 rings (SSSR count). The zero-order valence-corrected chi connectivity index (χ0v) is 12.5. The van der Waals surface area contributed by atoms with E-state index < -0.39 is 9.84 Å². The first-order valence-corrected chi connectivity index (χ1v) is 8.89. The molecule has 2 aliphatic rings. The average Bonchev–Trinajstić information content (AvgIpc) is 2.73.